The van der Waals surface area contributed by atoms with Gasteiger partial charge in [0.15, 0.2) is 0 Å². The number of anilines is 2. The van der Waals surface area contributed by atoms with E-state index < -0.39 is 10.0 Å². The first-order chi connectivity index (χ1) is 14.7. The molecule has 0 saturated heterocycles. The van der Waals surface area contributed by atoms with E-state index in [0.717, 1.165) is 11.1 Å². The fraction of sp³-hybridized carbons (Fsp3) is 0.182. The lowest BCUT2D eigenvalue weighted by Gasteiger charge is -2.14. The van der Waals surface area contributed by atoms with E-state index in [0.29, 0.717) is 28.1 Å². The number of aromatic nitrogens is 2. The van der Waals surface area contributed by atoms with Crippen LogP contribution in [0.4, 0.5) is 11.4 Å². The van der Waals surface area contributed by atoms with Crippen molar-refractivity contribution >= 4 is 32.9 Å². The van der Waals surface area contributed by atoms with E-state index >= 15 is 0 Å². The molecule has 8 nitrogen and oxygen atoms in total. The summed E-state index contributed by atoms with van der Waals surface area (Å²) in [7, 11) is -0.727. The molecule has 0 atom stereocenters. The molecule has 31 heavy (non-hydrogen) atoms. The summed E-state index contributed by atoms with van der Waals surface area (Å²) in [5, 5.41) is 7.12. The van der Waals surface area contributed by atoms with Crippen LogP contribution >= 0.6 is 0 Å². The number of allylic oxidation sites excluding steroid dienone is 1. The minimum atomic E-state index is -3.94. The van der Waals surface area contributed by atoms with Crippen molar-refractivity contribution in [3.63, 3.8) is 0 Å². The van der Waals surface area contributed by atoms with E-state index in [1.165, 1.54) is 13.2 Å². The molecule has 0 radical (unpaired) electrons. The number of sulfonamides is 1. The molecule has 2 N–H and O–H groups in total. The summed E-state index contributed by atoms with van der Waals surface area (Å²) in [4.78, 5) is 12.6. The van der Waals surface area contributed by atoms with Crippen LogP contribution in [0.25, 0.3) is 16.7 Å². The summed E-state index contributed by atoms with van der Waals surface area (Å²) in [5.41, 5.74) is 4.40. The fourth-order valence-electron chi connectivity index (χ4n) is 3.67. The number of carbonyl (C=O) groups excluding carboxylic acids is 1. The van der Waals surface area contributed by atoms with Gasteiger partial charge in [0, 0.05) is 35.5 Å². The summed E-state index contributed by atoms with van der Waals surface area (Å²) in [6, 6.07) is 9.75. The van der Waals surface area contributed by atoms with Gasteiger partial charge in [-0.1, -0.05) is 17.7 Å². The van der Waals surface area contributed by atoms with Gasteiger partial charge in [0.1, 0.15) is 10.6 Å². The van der Waals surface area contributed by atoms with E-state index in [1.54, 1.807) is 54.5 Å². The van der Waals surface area contributed by atoms with E-state index in [-0.39, 0.29) is 16.6 Å². The van der Waals surface area contributed by atoms with Crippen molar-refractivity contribution < 1.29 is 17.9 Å². The number of carbonyl (C=O) groups is 1. The highest BCUT2D eigenvalue weighted by Crippen LogP contribution is 2.43. The van der Waals surface area contributed by atoms with Crippen molar-refractivity contribution in [1.82, 2.24) is 9.78 Å². The van der Waals surface area contributed by atoms with Crippen molar-refractivity contribution in [1.29, 1.82) is 0 Å². The lowest BCUT2D eigenvalue weighted by Crippen LogP contribution is -2.14. The number of hydrogen-bond donors (Lipinski definition) is 2. The minimum absolute atomic E-state index is 0.0255. The predicted molar refractivity (Wildman–Crippen MR) is 119 cm³/mol. The number of ether oxygens (including phenoxy) is 1. The van der Waals surface area contributed by atoms with Crippen molar-refractivity contribution in [2.75, 3.05) is 17.1 Å². The molecule has 1 amide bonds. The van der Waals surface area contributed by atoms with E-state index in [9.17, 15) is 13.2 Å². The molecule has 0 bridgehead atoms. The molecule has 2 heterocycles. The lowest BCUT2D eigenvalue weighted by atomic mass is 9.97. The number of fused-ring (bicyclic) bond motifs is 1. The molecule has 1 aliphatic rings. The smallest absolute Gasteiger partial charge is 0.265 e. The van der Waals surface area contributed by atoms with Crippen LogP contribution < -0.4 is 14.8 Å². The maximum Gasteiger partial charge on any atom is 0.265 e. The molecule has 0 fully saturated rings. The molecule has 160 valence electrons. The normalized spacial score (nSPS) is 13.0. The number of hydrogen-bond acceptors (Lipinski definition) is 5. The number of para-hydroxylation sites is 1. The maximum absolute atomic E-state index is 13.1. The lowest BCUT2D eigenvalue weighted by molar-refractivity contribution is -0.110. The zero-order valence-electron chi connectivity index (χ0n) is 17.6. The van der Waals surface area contributed by atoms with E-state index in [4.69, 9.17) is 4.74 Å². The van der Waals surface area contributed by atoms with E-state index in [1.807, 2.05) is 13.8 Å². The summed E-state index contributed by atoms with van der Waals surface area (Å²) in [6.07, 6.45) is 3.47. The third-order valence-electron chi connectivity index (χ3n) is 5.00. The molecule has 0 spiro atoms. The Morgan fingerprint density at radius 3 is 2.52 bits per heavy atom. The topological polar surface area (TPSA) is 102 Å². The van der Waals surface area contributed by atoms with Crippen molar-refractivity contribution in [2.45, 2.75) is 18.7 Å². The van der Waals surface area contributed by atoms with Crippen LogP contribution in [0.15, 0.2) is 59.3 Å². The number of rotatable bonds is 5. The minimum Gasteiger partial charge on any atom is -0.495 e. The number of benzene rings is 2. The maximum atomic E-state index is 13.1. The summed E-state index contributed by atoms with van der Waals surface area (Å²) in [5.74, 6) is 0.0235. The summed E-state index contributed by atoms with van der Waals surface area (Å²) in [6.45, 7) is 3.69. The van der Waals surface area contributed by atoms with Crippen LogP contribution in [0, 0.1) is 0 Å². The zero-order valence-corrected chi connectivity index (χ0v) is 18.4. The van der Waals surface area contributed by atoms with Crippen molar-refractivity contribution in [3.05, 3.63) is 59.9 Å². The number of aryl methyl sites for hydroxylation is 1. The van der Waals surface area contributed by atoms with Gasteiger partial charge in [-0.25, -0.2) is 8.42 Å². The molecule has 3 aromatic rings. The van der Waals surface area contributed by atoms with Crippen LogP contribution in [0.2, 0.25) is 0 Å². The molecule has 0 saturated carbocycles. The second-order valence-electron chi connectivity index (χ2n) is 7.43. The predicted octanol–water partition coefficient (Wildman–Crippen LogP) is 3.64. The molecule has 0 unspecified atom stereocenters. The number of amides is 1. The van der Waals surface area contributed by atoms with Crippen LogP contribution in [0.3, 0.4) is 0 Å². The molecule has 1 aromatic heterocycles. The van der Waals surface area contributed by atoms with Crippen molar-refractivity contribution in [3.8, 4) is 16.9 Å². The first kappa shape index (κ1) is 20.7. The second-order valence-corrected chi connectivity index (χ2v) is 9.09. The molecular weight excluding hydrogens is 416 g/mol. The summed E-state index contributed by atoms with van der Waals surface area (Å²) >= 11 is 0. The van der Waals surface area contributed by atoms with Crippen LogP contribution in [-0.2, 0) is 21.9 Å². The zero-order chi connectivity index (χ0) is 22.3. The number of nitrogens with zero attached hydrogens (tertiary/aromatic N) is 2. The monoisotopic (exact) mass is 438 g/mol. The average molecular weight is 439 g/mol. The molecule has 1 aliphatic heterocycles. The van der Waals surface area contributed by atoms with Gasteiger partial charge in [0.25, 0.3) is 15.9 Å². The Hall–Kier alpha value is -3.59. The number of methoxy groups -OCH3 is 1. The van der Waals surface area contributed by atoms with Crippen molar-refractivity contribution in [2.24, 2.45) is 7.05 Å². The Bertz CT molecular complexity index is 1340. The quantitative estimate of drug-likeness (QED) is 0.592. The first-order valence-electron chi connectivity index (χ1n) is 9.53. The van der Waals surface area contributed by atoms with Crippen LogP contribution in [0.5, 0.6) is 5.75 Å². The van der Waals surface area contributed by atoms with Gasteiger partial charge in [-0.3, -0.25) is 14.2 Å². The van der Waals surface area contributed by atoms with Gasteiger partial charge in [0.05, 0.1) is 24.7 Å². The third-order valence-corrected chi connectivity index (χ3v) is 6.42. The molecular formula is C22H22N4O4S. The van der Waals surface area contributed by atoms with E-state index in [2.05, 4.69) is 15.1 Å². The standard InChI is InChI=1S/C22H22N4O4S/c1-13(2)20-17-10-15(25-31(28,29)19-8-6-5-7-18(19)30-4)9-16(21(17)24-22(20)27)14-11-23-26(3)12-14/h5-12,25H,1-4H3,(H,24,27). The Labute approximate surface area is 180 Å². The number of nitrogens with one attached hydrogen (secondary N) is 2. The van der Waals surface area contributed by atoms with Gasteiger partial charge in [-0.15, -0.1) is 0 Å². The molecule has 2 aromatic carbocycles. The average Bonchev–Trinajstić information content (AvgIpc) is 3.29. The second kappa shape index (κ2) is 7.59. The largest absolute Gasteiger partial charge is 0.495 e. The fourth-order valence-corrected chi connectivity index (χ4v) is 4.88. The Morgan fingerprint density at radius 2 is 1.87 bits per heavy atom. The van der Waals surface area contributed by atoms with Crippen LogP contribution in [-0.4, -0.2) is 31.2 Å². The first-order valence-corrected chi connectivity index (χ1v) is 11.0. The highest BCUT2D eigenvalue weighted by molar-refractivity contribution is 7.92. The third kappa shape index (κ3) is 3.68. The van der Waals surface area contributed by atoms with Gasteiger partial charge in [0.2, 0.25) is 0 Å². The van der Waals surface area contributed by atoms with Gasteiger partial charge in [-0.2, -0.15) is 5.10 Å². The SMILES string of the molecule is COc1ccccc1S(=O)(=O)Nc1cc2c(c(-c3cnn(C)c3)c1)NC(=O)C2=C(C)C. The Kier molecular flexibility index (Phi) is 5.06. The molecule has 0 aliphatic carbocycles. The summed E-state index contributed by atoms with van der Waals surface area (Å²) < 4.78 is 35.7. The van der Waals surface area contributed by atoms with Crippen LogP contribution in [0.1, 0.15) is 19.4 Å². The molecule has 4 rings (SSSR count). The Balaban J connectivity index is 1.88. The Morgan fingerprint density at radius 1 is 1.16 bits per heavy atom. The highest BCUT2D eigenvalue weighted by Gasteiger charge is 2.30. The van der Waals surface area contributed by atoms with Gasteiger partial charge < -0.3 is 10.1 Å². The van der Waals surface area contributed by atoms with Gasteiger partial charge >= 0.3 is 0 Å². The molecule has 9 heteroatoms. The van der Waals surface area contributed by atoms with Gasteiger partial charge in [-0.05, 0) is 38.1 Å². The highest BCUT2D eigenvalue weighted by atomic mass is 32.2.